The number of aryl methyl sites for hydroxylation is 1. The first-order chi connectivity index (χ1) is 14.1. The van der Waals surface area contributed by atoms with Crippen molar-refractivity contribution in [2.75, 3.05) is 26.3 Å². The van der Waals surface area contributed by atoms with Crippen molar-refractivity contribution in [3.8, 4) is 5.75 Å². The molecule has 8 heteroatoms. The molecule has 0 radical (unpaired) electrons. The SMILES string of the molecule is CCNC(=NCc1ccc(C)cc1OC1CCOC1)NCCc1ccc(Cl)nc1.I. The smallest absolute Gasteiger partial charge is 0.191 e. The highest BCUT2D eigenvalue weighted by Gasteiger charge is 2.18. The molecule has 2 N–H and O–H groups in total. The van der Waals surface area contributed by atoms with Crippen LogP contribution in [0, 0.1) is 6.92 Å². The number of nitrogens with zero attached hydrogens (tertiary/aromatic N) is 2. The lowest BCUT2D eigenvalue weighted by atomic mass is 10.1. The van der Waals surface area contributed by atoms with Crippen molar-refractivity contribution in [2.24, 2.45) is 4.99 Å². The van der Waals surface area contributed by atoms with Crippen molar-refractivity contribution in [1.29, 1.82) is 0 Å². The lowest BCUT2D eigenvalue weighted by Gasteiger charge is -2.16. The molecule has 1 atom stereocenters. The first-order valence-corrected chi connectivity index (χ1v) is 10.5. The van der Waals surface area contributed by atoms with Gasteiger partial charge in [0, 0.05) is 31.3 Å². The summed E-state index contributed by atoms with van der Waals surface area (Å²) in [5.74, 6) is 1.68. The van der Waals surface area contributed by atoms with Crippen LogP contribution in [0.2, 0.25) is 5.15 Å². The van der Waals surface area contributed by atoms with Crippen LogP contribution in [0.3, 0.4) is 0 Å². The number of ether oxygens (including phenoxy) is 2. The maximum absolute atomic E-state index is 6.18. The van der Waals surface area contributed by atoms with Crippen molar-refractivity contribution in [1.82, 2.24) is 15.6 Å². The summed E-state index contributed by atoms with van der Waals surface area (Å²) in [6.07, 6.45) is 3.70. The standard InChI is InChI=1S/C22H29ClN4O2.HI/c1-3-24-22(25-10-8-17-5-7-21(23)26-13-17)27-14-18-6-4-16(2)12-20(18)29-19-9-11-28-15-19;/h4-7,12-13,19H,3,8-11,14-15H2,1-2H3,(H2,24,25,27);1H. The zero-order chi connectivity index (χ0) is 20.5. The Hall–Kier alpha value is -1.58. The van der Waals surface area contributed by atoms with E-state index in [4.69, 9.17) is 26.1 Å². The lowest BCUT2D eigenvalue weighted by molar-refractivity contribution is 0.140. The van der Waals surface area contributed by atoms with E-state index in [1.807, 2.05) is 12.1 Å². The van der Waals surface area contributed by atoms with E-state index >= 15 is 0 Å². The van der Waals surface area contributed by atoms with Gasteiger partial charge in [0.05, 0.1) is 19.8 Å². The summed E-state index contributed by atoms with van der Waals surface area (Å²) in [5, 5.41) is 7.18. The van der Waals surface area contributed by atoms with E-state index in [0.29, 0.717) is 18.3 Å². The van der Waals surface area contributed by atoms with Gasteiger partial charge < -0.3 is 20.1 Å². The van der Waals surface area contributed by atoms with Crippen LogP contribution >= 0.6 is 35.6 Å². The molecular weight excluding hydrogens is 515 g/mol. The molecule has 1 saturated heterocycles. The number of hydrogen-bond acceptors (Lipinski definition) is 4. The molecule has 2 aromatic rings. The second-order valence-electron chi connectivity index (χ2n) is 7.08. The van der Waals surface area contributed by atoms with E-state index in [2.05, 4.69) is 47.7 Å². The highest BCUT2D eigenvalue weighted by molar-refractivity contribution is 14.0. The molecule has 30 heavy (non-hydrogen) atoms. The van der Waals surface area contributed by atoms with Gasteiger partial charge in [-0.1, -0.05) is 29.8 Å². The molecule has 0 amide bonds. The monoisotopic (exact) mass is 544 g/mol. The molecule has 0 saturated carbocycles. The third-order valence-electron chi connectivity index (χ3n) is 4.65. The summed E-state index contributed by atoms with van der Waals surface area (Å²) < 4.78 is 11.6. The molecule has 0 aliphatic carbocycles. The molecule has 2 heterocycles. The van der Waals surface area contributed by atoms with E-state index in [9.17, 15) is 0 Å². The summed E-state index contributed by atoms with van der Waals surface area (Å²) in [4.78, 5) is 8.86. The third-order valence-corrected chi connectivity index (χ3v) is 4.87. The Kier molecular flexibility index (Phi) is 10.7. The Bertz CT molecular complexity index is 811. The molecule has 3 rings (SSSR count). The maximum Gasteiger partial charge on any atom is 0.191 e. The minimum absolute atomic E-state index is 0. The van der Waals surface area contributed by atoms with Crippen LogP contribution in [0.4, 0.5) is 0 Å². The number of hydrogen-bond donors (Lipinski definition) is 2. The number of nitrogens with one attached hydrogen (secondary N) is 2. The number of pyridine rings is 1. The van der Waals surface area contributed by atoms with Crippen molar-refractivity contribution in [2.45, 2.75) is 39.3 Å². The largest absolute Gasteiger partial charge is 0.488 e. The molecule has 6 nitrogen and oxygen atoms in total. The molecule has 1 fully saturated rings. The third kappa shape index (κ3) is 7.92. The topological polar surface area (TPSA) is 67.8 Å². The van der Waals surface area contributed by atoms with Crippen LogP contribution in [0.25, 0.3) is 0 Å². The molecule has 1 aromatic carbocycles. The van der Waals surface area contributed by atoms with Crippen LogP contribution in [-0.4, -0.2) is 43.4 Å². The van der Waals surface area contributed by atoms with Gasteiger partial charge in [-0.15, -0.1) is 24.0 Å². The molecule has 1 aliphatic heterocycles. The van der Waals surface area contributed by atoms with Gasteiger partial charge in [0.15, 0.2) is 5.96 Å². The molecule has 164 valence electrons. The summed E-state index contributed by atoms with van der Waals surface area (Å²) >= 11 is 5.84. The average Bonchev–Trinajstić information content (AvgIpc) is 3.22. The van der Waals surface area contributed by atoms with Gasteiger partial charge in [-0.2, -0.15) is 0 Å². The van der Waals surface area contributed by atoms with Gasteiger partial charge in [-0.25, -0.2) is 9.98 Å². The Morgan fingerprint density at radius 2 is 2.17 bits per heavy atom. The van der Waals surface area contributed by atoms with Gasteiger partial charge >= 0.3 is 0 Å². The van der Waals surface area contributed by atoms with Crippen molar-refractivity contribution in [3.63, 3.8) is 0 Å². The fraction of sp³-hybridized carbons (Fsp3) is 0.455. The first kappa shape index (κ1) is 24.7. The van der Waals surface area contributed by atoms with E-state index in [0.717, 1.165) is 55.4 Å². The normalized spacial score (nSPS) is 16.1. The second-order valence-corrected chi connectivity index (χ2v) is 7.46. The average molecular weight is 545 g/mol. The van der Waals surface area contributed by atoms with E-state index in [1.165, 1.54) is 5.56 Å². The number of rotatable bonds is 8. The van der Waals surface area contributed by atoms with Gasteiger partial charge in [-0.05, 0) is 43.5 Å². The summed E-state index contributed by atoms with van der Waals surface area (Å²) in [5.41, 5.74) is 3.38. The van der Waals surface area contributed by atoms with Gasteiger partial charge in [-0.3, -0.25) is 0 Å². The summed E-state index contributed by atoms with van der Waals surface area (Å²) in [6, 6.07) is 10.1. The van der Waals surface area contributed by atoms with Gasteiger partial charge in [0.1, 0.15) is 17.0 Å². The van der Waals surface area contributed by atoms with E-state index < -0.39 is 0 Å². The zero-order valence-corrected chi connectivity index (χ0v) is 20.6. The molecular formula is C22H30ClIN4O2. The number of guanidine groups is 1. The predicted molar refractivity (Wildman–Crippen MR) is 132 cm³/mol. The van der Waals surface area contributed by atoms with E-state index in [-0.39, 0.29) is 30.1 Å². The molecule has 1 unspecified atom stereocenters. The van der Waals surface area contributed by atoms with Crippen LogP contribution in [0.5, 0.6) is 5.75 Å². The van der Waals surface area contributed by atoms with E-state index in [1.54, 1.807) is 6.20 Å². The lowest BCUT2D eigenvalue weighted by Crippen LogP contribution is -2.38. The minimum Gasteiger partial charge on any atom is -0.488 e. The van der Waals surface area contributed by atoms with Crippen molar-refractivity contribution in [3.05, 3.63) is 58.4 Å². The van der Waals surface area contributed by atoms with Gasteiger partial charge in [0.2, 0.25) is 0 Å². The predicted octanol–water partition coefficient (Wildman–Crippen LogP) is 4.13. The zero-order valence-electron chi connectivity index (χ0n) is 17.5. The van der Waals surface area contributed by atoms with Crippen molar-refractivity contribution >= 4 is 41.5 Å². The second kappa shape index (κ2) is 13.0. The Morgan fingerprint density at radius 1 is 1.30 bits per heavy atom. The number of aliphatic imine (C=N–C) groups is 1. The molecule has 1 aliphatic rings. The fourth-order valence-corrected chi connectivity index (χ4v) is 3.18. The highest BCUT2D eigenvalue weighted by Crippen LogP contribution is 2.24. The van der Waals surface area contributed by atoms with Crippen LogP contribution < -0.4 is 15.4 Å². The van der Waals surface area contributed by atoms with Crippen LogP contribution in [0.15, 0.2) is 41.5 Å². The molecule has 0 bridgehead atoms. The van der Waals surface area contributed by atoms with Crippen molar-refractivity contribution < 1.29 is 9.47 Å². The minimum atomic E-state index is 0. The van der Waals surface area contributed by atoms with Crippen LogP contribution in [-0.2, 0) is 17.7 Å². The number of halogens is 2. The quantitative estimate of drug-likeness (QED) is 0.226. The fourth-order valence-electron chi connectivity index (χ4n) is 3.07. The molecule has 0 spiro atoms. The highest BCUT2D eigenvalue weighted by atomic mass is 127. The Balaban J connectivity index is 0.00000320. The molecule has 1 aromatic heterocycles. The number of benzene rings is 1. The Morgan fingerprint density at radius 3 is 2.87 bits per heavy atom. The maximum atomic E-state index is 6.18. The van der Waals surface area contributed by atoms with Crippen LogP contribution in [0.1, 0.15) is 30.0 Å². The Labute approximate surface area is 200 Å². The van der Waals surface area contributed by atoms with Gasteiger partial charge in [0.25, 0.3) is 0 Å². The summed E-state index contributed by atoms with van der Waals surface area (Å²) in [7, 11) is 0. The summed E-state index contributed by atoms with van der Waals surface area (Å²) in [6.45, 7) is 7.64. The number of aromatic nitrogens is 1. The first-order valence-electron chi connectivity index (χ1n) is 10.1.